The molecule has 3 saturated heterocycles. The van der Waals surface area contributed by atoms with Gasteiger partial charge >= 0.3 is 0 Å². The normalized spacial score (nSPS) is 44.3. The zero-order valence-corrected chi connectivity index (χ0v) is 9.19. The molecule has 0 radical (unpaired) electrons. The van der Waals surface area contributed by atoms with E-state index in [0.717, 1.165) is 18.2 Å². The summed E-state index contributed by atoms with van der Waals surface area (Å²) in [4.78, 5) is 13.5. The zero-order valence-electron chi connectivity index (χ0n) is 9.19. The van der Waals surface area contributed by atoms with Gasteiger partial charge in [0.1, 0.15) is 0 Å². The second-order valence-electron chi connectivity index (χ2n) is 5.10. The Hall–Kier alpha value is -0.690. The largest absolute Gasteiger partial charge is 0.785 e. The van der Waals surface area contributed by atoms with Gasteiger partial charge in [0.25, 0.3) is 0 Å². The molecule has 3 atom stereocenters. The number of nitrogens with zero attached hydrogens (tertiary/aromatic N) is 2. The summed E-state index contributed by atoms with van der Waals surface area (Å²) in [6, 6.07) is -0.119. The lowest BCUT2D eigenvalue weighted by molar-refractivity contribution is -0.121. The number of amides is 1. The number of primary amides is 1. The van der Waals surface area contributed by atoms with Gasteiger partial charge in [-0.1, -0.05) is 0 Å². The zero-order chi connectivity index (χ0) is 11.3. The molecule has 0 aromatic heterocycles. The van der Waals surface area contributed by atoms with E-state index in [1.54, 1.807) is 0 Å². The van der Waals surface area contributed by atoms with Crippen molar-refractivity contribution in [3.05, 3.63) is 5.21 Å². The summed E-state index contributed by atoms with van der Waals surface area (Å²) >= 11 is 0. The fourth-order valence-electron chi connectivity index (χ4n) is 3.45. The molecule has 3 aliphatic rings. The van der Waals surface area contributed by atoms with E-state index in [-0.39, 0.29) is 5.66 Å². The minimum atomic E-state index is -0.660. The number of nitrogens with one attached hydrogen (secondary N) is 1. The van der Waals surface area contributed by atoms with Crippen LogP contribution < -0.4 is 11.1 Å². The van der Waals surface area contributed by atoms with Crippen LogP contribution >= 0.6 is 0 Å². The van der Waals surface area contributed by atoms with Crippen LogP contribution in [0.4, 0.5) is 0 Å². The van der Waals surface area contributed by atoms with Crippen LogP contribution in [0.1, 0.15) is 19.3 Å². The van der Waals surface area contributed by atoms with Crippen molar-refractivity contribution in [2.75, 3.05) is 19.6 Å². The standard InChI is InChI=1S/C10H17N4O2/c11-9(15)8-4-10(6-14(8)16)12-5-7-2-1-3-13(7)10/h7-8,12H,1-6H2,(H2,11,15)/q-1. The van der Waals surface area contributed by atoms with Crippen molar-refractivity contribution < 1.29 is 4.79 Å². The maximum Gasteiger partial charge on any atom is 0.233 e. The van der Waals surface area contributed by atoms with Crippen molar-refractivity contribution in [1.82, 2.24) is 15.3 Å². The van der Waals surface area contributed by atoms with Gasteiger partial charge < -0.3 is 16.0 Å². The third kappa shape index (κ3) is 1.31. The van der Waals surface area contributed by atoms with E-state index in [4.69, 9.17) is 5.73 Å². The highest BCUT2D eigenvalue weighted by molar-refractivity contribution is 5.80. The Bertz CT molecular complexity index is 324. The third-order valence-corrected chi connectivity index (χ3v) is 4.22. The molecule has 16 heavy (non-hydrogen) atoms. The van der Waals surface area contributed by atoms with E-state index in [1.807, 2.05) is 0 Å². The molecule has 0 aromatic carbocycles. The number of hydroxylamine groups is 2. The van der Waals surface area contributed by atoms with Gasteiger partial charge in [-0.25, -0.2) is 0 Å². The first-order chi connectivity index (χ1) is 7.62. The molecule has 3 fully saturated rings. The van der Waals surface area contributed by atoms with Crippen LogP contribution in [-0.4, -0.2) is 53.3 Å². The summed E-state index contributed by atoms with van der Waals surface area (Å²) in [6.45, 7) is 2.31. The second-order valence-corrected chi connectivity index (χ2v) is 5.10. The number of rotatable bonds is 1. The Labute approximate surface area is 94.3 Å². The van der Waals surface area contributed by atoms with E-state index >= 15 is 0 Å². The van der Waals surface area contributed by atoms with E-state index < -0.39 is 11.9 Å². The van der Waals surface area contributed by atoms with E-state index in [1.165, 1.54) is 12.8 Å². The highest BCUT2D eigenvalue weighted by Gasteiger charge is 2.53. The van der Waals surface area contributed by atoms with Gasteiger partial charge in [-0.2, -0.15) is 0 Å². The van der Waals surface area contributed by atoms with Gasteiger partial charge in [0.2, 0.25) is 5.91 Å². The van der Waals surface area contributed by atoms with Crippen LogP contribution in [0.2, 0.25) is 0 Å². The molecule has 90 valence electrons. The SMILES string of the molecule is NC(=O)C1CC2(CN1[O-])NCC1CCCN12. The molecule has 6 heteroatoms. The minimum absolute atomic E-state index is 0.289. The molecule has 3 rings (SSSR count). The molecule has 3 unspecified atom stereocenters. The summed E-state index contributed by atoms with van der Waals surface area (Å²) in [5, 5.41) is 16.0. The summed E-state index contributed by atoms with van der Waals surface area (Å²) < 4.78 is 0. The molecule has 0 aliphatic carbocycles. The molecule has 1 spiro atoms. The summed E-state index contributed by atoms with van der Waals surface area (Å²) in [5.41, 5.74) is 4.96. The first kappa shape index (κ1) is 10.5. The van der Waals surface area contributed by atoms with Crippen LogP contribution in [0.15, 0.2) is 0 Å². The Morgan fingerprint density at radius 3 is 3.06 bits per heavy atom. The summed E-state index contributed by atoms with van der Waals surface area (Å²) in [6.07, 6.45) is 2.91. The van der Waals surface area contributed by atoms with Crippen LogP contribution in [0, 0.1) is 5.21 Å². The summed E-state index contributed by atoms with van der Waals surface area (Å²) in [5.74, 6) is -0.503. The Kier molecular flexibility index (Phi) is 2.22. The first-order valence-electron chi connectivity index (χ1n) is 5.87. The monoisotopic (exact) mass is 225 g/mol. The van der Waals surface area contributed by atoms with E-state index in [9.17, 15) is 10.0 Å². The highest BCUT2D eigenvalue weighted by Crippen LogP contribution is 2.38. The molecule has 0 saturated carbocycles. The van der Waals surface area contributed by atoms with Crippen LogP contribution in [0.25, 0.3) is 0 Å². The minimum Gasteiger partial charge on any atom is -0.785 e. The molecule has 3 N–H and O–H groups in total. The van der Waals surface area contributed by atoms with Crippen LogP contribution in [0.3, 0.4) is 0 Å². The predicted molar refractivity (Wildman–Crippen MR) is 58.1 cm³/mol. The Morgan fingerprint density at radius 2 is 2.38 bits per heavy atom. The van der Waals surface area contributed by atoms with Gasteiger partial charge in [-0.05, 0) is 12.8 Å². The average Bonchev–Trinajstić information content (AvgIpc) is 2.84. The Balaban J connectivity index is 1.83. The number of hydrogen-bond donors (Lipinski definition) is 2. The van der Waals surface area contributed by atoms with Crippen molar-refractivity contribution in [2.45, 2.75) is 37.0 Å². The van der Waals surface area contributed by atoms with Gasteiger partial charge in [0, 0.05) is 32.1 Å². The number of fused-ring (bicyclic) bond motifs is 2. The molecule has 6 nitrogen and oxygen atoms in total. The van der Waals surface area contributed by atoms with Crippen molar-refractivity contribution in [2.24, 2.45) is 5.73 Å². The number of carbonyl (C=O) groups is 1. The maximum absolute atomic E-state index is 11.7. The second kappa shape index (κ2) is 3.40. The lowest BCUT2D eigenvalue weighted by atomic mass is 10.1. The van der Waals surface area contributed by atoms with Gasteiger partial charge in [0.15, 0.2) is 0 Å². The fourth-order valence-corrected chi connectivity index (χ4v) is 3.45. The number of carbonyl (C=O) groups excluding carboxylic acids is 1. The van der Waals surface area contributed by atoms with Crippen molar-refractivity contribution in [3.8, 4) is 0 Å². The molecule has 3 aliphatic heterocycles. The third-order valence-electron chi connectivity index (χ3n) is 4.22. The molecule has 0 aromatic rings. The van der Waals surface area contributed by atoms with E-state index in [2.05, 4.69) is 10.2 Å². The molecule has 0 bridgehead atoms. The summed E-state index contributed by atoms with van der Waals surface area (Å²) in [7, 11) is 0. The lowest BCUT2D eigenvalue weighted by Crippen LogP contribution is -2.53. The quantitative estimate of drug-likeness (QED) is 0.586. The number of hydrogen-bond acceptors (Lipinski definition) is 5. The smallest absolute Gasteiger partial charge is 0.233 e. The van der Waals surface area contributed by atoms with E-state index in [0.29, 0.717) is 19.0 Å². The first-order valence-corrected chi connectivity index (χ1v) is 5.87. The van der Waals surface area contributed by atoms with Crippen molar-refractivity contribution in [3.63, 3.8) is 0 Å². The molecule has 3 heterocycles. The topological polar surface area (TPSA) is 84.7 Å². The lowest BCUT2D eigenvalue weighted by Gasteiger charge is -2.35. The number of nitrogens with two attached hydrogens (primary N) is 1. The van der Waals surface area contributed by atoms with Crippen molar-refractivity contribution >= 4 is 5.91 Å². The molecule has 1 amide bonds. The average molecular weight is 225 g/mol. The van der Waals surface area contributed by atoms with Gasteiger partial charge in [-0.15, -0.1) is 0 Å². The van der Waals surface area contributed by atoms with Gasteiger partial charge in [0.05, 0.1) is 11.7 Å². The van der Waals surface area contributed by atoms with Crippen LogP contribution in [-0.2, 0) is 4.79 Å². The fraction of sp³-hybridized carbons (Fsp3) is 0.900. The highest BCUT2D eigenvalue weighted by atomic mass is 16.5. The molecular formula is C10H17N4O2-. The predicted octanol–water partition coefficient (Wildman–Crippen LogP) is -1.19. The molecular weight excluding hydrogens is 208 g/mol. The maximum atomic E-state index is 11.7. The van der Waals surface area contributed by atoms with Crippen molar-refractivity contribution in [1.29, 1.82) is 0 Å². The van der Waals surface area contributed by atoms with Crippen LogP contribution in [0.5, 0.6) is 0 Å². The van der Waals surface area contributed by atoms with Gasteiger partial charge in [-0.3, -0.25) is 15.0 Å². The Morgan fingerprint density at radius 1 is 1.56 bits per heavy atom.